The van der Waals surface area contributed by atoms with Crippen LogP contribution in [-0.2, 0) is 9.53 Å². The molecule has 4 nitrogen and oxygen atoms in total. The maximum Gasteiger partial charge on any atom is 0.224 e. The number of hydrogen-bond donors (Lipinski definition) is 1. The van der Waals surface area contributed by atoms with E-state index in [1.165, 1.54) is 0 Å². The summed E-state index contributed by atoms with van der Waals surface area (Å²) in [7, 11) is 1.75. The molecule has 0 aliphatic heterocycles. The topological polar surface area (TPSA) is 55.6 Å². The normalized spacial score (nSPS) is 10.0. The Bertz CT molecular complexity index is 210. The first-order chi connectivity index (χ1) is 7.07. The second-order valence-corrected chi connectivity index (χ2v) is 3.92. The summed E-state index contributed by atoms with van der Waals surface area (Å²) < 4.78 is 5.23. The number of carbonyl (C=O) groups excluding carboxylic acids is 1. The second kappa shape index (κ2) is 8.61. The molecule has 2 N–H and O–H groups in total. The molecule has 0 saturated heterocycles. The number of amides is 1. The highest BCUT2D eigenvalue weighted by Gasteiger charge is 2.07. The zero-order valence-electron chi connectivity index (χ0n) is 9.49. The molecule has 15 heavy (non-hydrogen) atoms. The molecule has 0 heterocycles. The number of rotatable bonds is 8. The van der Waals surface area contributed by atoms with Crippen molar-refractivity contribution in [3.63, 3.8) is 0 Å². The minimum atomic E-state index is 0.0716. The van der Waals surface area contributed by atoms with Crippen molar-refractivity contribution in [1.29, 1.82) is 0 Å². The molecule has 0 aromatic heterocycles. The van der Waals surface area contributed by atoms with Crippen molar-refractivity contribution in [3.8, 4) is 0 Å². The fraction of sp³-hybridized carbons (Fsp3) is 0.800. The fourth-order valence-electron chi connectivity index (χ4n) is 0.999. The van der Waals surface area contributed by atoms with Crippen molar-refractivity contribution in [2.75, 3.05) is 26.8 Å². The van der Waals surface area contributed by atoms with Crippen LogP contribution in [0.1, 0.15) is 26.2 Å². The molecule has 0 saturated carbocycles. The minimum absolute atomic E-state index is 0.0716. The van der Waals surface area contributed by atoms with Gasteiger partial charge < -0.3 is 15.4 Å². The van der Waals surface area contributed by atoms with E-state index in [0.29, 0.717) is 37.6 Å². The van der Waals surface area contributed by atoms with Gasteiger partial charge in [0, 0.05) is 26.6 Å². The average Bonchev–Trinajstić information content (AvgIpc) is 2.20. The molecule has 0 fully saturated rings. The van der Waals surface area contributed by atoms with Crippen molar-refractivity contribution in [2.45, 2.75) is 26.2 Å². The zero-order chi connectivity index (χ0) is 11.7. The Kier molecular flexibility index (Phi) is 8.22. The van der Waals surface area contributed by atoms with E-state index in [1.807, 2.05) is 6.92 Å². The third-order valence-electron chi connectivity index (χ3n) is 1.93. The molecule has 0 spiro atoms. The lowest BCUT2D eigenvalue weighted by Gasteiger charge is -2.16. The minimum Gasteiger partial charge on any atom is -0.393 e. The largest absolute Gasteiger partial charge is 0.393 e. The molecule has 0 atom stereocenters. The van der Waals surface area contributed by atoms with Crippen LogP contribution in [-0.4, -0.2) is 42.6 Å². The fourth-order valence-corrected chi connectivity index (χ4v) is 1.09. The Labute approximate surface area is 96.8 Å². The van der Waals surface area contributed by atoms with Gasteiger partial charge in [0.05, 0.1) is 18.0 Å². The van der Waals surface area contributed by atoms with Crippen LogP contribution >= 0.6 is 12.2 Å². The van der Waals surface area contributed by atoms with Crippen LogP contribution in [0.15, 0.2) is 0 Å². The molecule has 0 rings (SSSR count). The van der Waals surface area contributed by atoms with Gasteiger partial charge in [-0.15, -0.1) is 0 Å². The number of nitrogens with two attached hydrogens (primary N) is 1. The van der Waals surface area contributed by atoms with Gasteiger partial charge >= 0.3 is 0 Å². The lowest BCUT2D eigenvalue weighted by Crippen LogP contribution is -2.30. The van der Waals surface area contributed by atoms with Crippen LogP contribution in [0.4, 0.5) is 0 Å². The molecule has 5 heteroatoms. The molecule has 0 bridgehead atoms. The van der Waals surface area contributed by atoms with Gasteiger partial charge in [0.15, 0.2) is 0 Å². The Balaban J connectivity index is 3.55. The van der Waals surface area contributed by atoms with Gasteiger partial charge in [-0.1, -0.05) is 19.1 Å². The average molecular weight is 232 g/mol. The first kappa shape index (κ1) is 14.3. The Hall–Kier alpha value is -0.680. The van der Waals surface area contributed by atoms with Crippen molar-refractivity contribution in [2.24, 2.45) is 5.73 Å². The molecular weight excluding hydrogens is 212 g/mol. The number of carbonyl (C=O) groups is 1. The standard InChI is InChI=1S/C10H20N2O2S/c1-3-7-14-8-5-10(13)12(2)6-4-9(11)15/h3-8H2,1-2H3,(H2,11,15). The quantitative estimate of drug-likeness (QED) is 0.500. The summed E-state index contributed by atoms with van der Waals surface area (Å²) in [6, 6.07) is 0. The molecule has 0 aromatic rings. The van der Waals surface area contributed by atoms with Gasteiger partial charge in [-0.25, -0.2) is 0 Å². The summed E-state index contributed by atoms with van der Waals surface area (Å²) in [5, 5.41) is 0. The van der Waals surface area contributed by atoms with Crippen molar-refractivity contribution in [1.82, 2.24) is 4.90 Å². The molecule has 0 aromatic carbocycles. The van der Waals surface area contributed by atoms with E-state index in [1.54, 1.807) is 11.9 Å². The van der Waals surface area contributed by atoms with Gasteiger partial charge in [0.2, 0.25) is 5.91 Å². The number of ether oxygens (including phenoxy) is 1. The van der Waals surface area contributed by atoms with Crippen molar-refractivity contribution in [3.05, 3.63) is 0 Å². The third-order valence-corrected chi connectivity index (χ3v) is 2.13. The third kappa shape index (κ3) is 8.32. The predicted molar refractivity (Wildman–Crippen MR) is 64.8 cm³/mol. The van der Waals surface area contributed by atoms with Crippen LogP contribution < -0.4 is 5.73 Å². The number of hydrogen-bond acceptors (Lipinski definition) is 3. The summed E-state index contributed by atoms with van der Waals surface area (Å²) >= 11 is 4.74. The highest BCUT2D eigenvalue weighted by atomic mass is 32.1. The van der Waals surface area contributed by atoms with Gasteiger partial charge in [0.25, 0.3) is 0 Å². The highest BCUT2D eigenvalue weighted by molar-refractivity contribution is 7.80. The molecular formula is C10H20N2O2S. The summed E-state index contributed by atoms with van der Waals surface area (Å²) in [6.07, 6.45) is 1.98. The first-order valence-corrected chi connectivity index (χ1v) is 5.58. The van der Waals surface area contributed by atoms with Crippen LogP contribution in [0.25, 0.3) is 0 Å². The van der Waals surface area contributed by atoms with Crippen LogP contribution in [0, 0.1) is 0 Å². The van der Waals surface area contributed by atoms with Crippen LogP contribution in [0.2, 0.25) is 0 Å². The second-order valence-electron chi connectivity index (χ2n) is 3.39. The highest BCUT2D eigenvalue weighted by Crippen LogP contribution is 1.94. The maximum atomic E-state index is 11.5. The summed E-state index contributed by atoms with van der Waals surface area (Å²) in [4.78, 5) is 13.6. The van der Waals surface area contributed by atoms with E-state index in [2.05, 4.69) is 0 Å². The van der Waals surface area contributed by atoms with E-state index in [-0.39, 0.29) is 5.91 Å². The van der Waals surface area contributed by atoms with E-state index in [4.69, 9.17) is 22.7 Å². The predicted octanol–water partition coefficient (Wildman–Crippen LogP) is 0.938. The molecule has 0 aliphatic carbocycles. The van der Waals surface area contributed by atoms with Gasteiger partial charge in [0.1, 0.15) is 0 Å². The van der Waals surface area contributed by atoms with Crippen LogP contribution in [0.3, 0.4) is 0 Å². The SMILES string of the molecule is CCCOCCC(=O)N(C)CCC(N)=S. The Morgan fingerprint density at radius 3 is 2.60 bits per heavy atom. The lowest BCUT2D eigenvalue weighted by molar-refractivity contribution is -0.130. The smallest absolute Gasteiger partial charge is 0.224 e. The summed E-state index contributed by atoms with van der Waals surface area (Å²) in [6.45, 7) is 3.83. The van der Waals surface area contributed by atoms with Gasteiger partial charge in [-0.05, 0) is 6.42 Å². The molecule has 0 unspecified atom stereocenters. The van der Waals surface area contributed by atoms with E-state index >= 15 is 0 Å². The molecule has 0 radical (unpaired) electrons. The van der Waals surface area contributed by atoms with Gasteiger partial charge in [-0.3, -0.25) is 4.79 Å². The zero-order valence-corrected chi connectivity index (χ0v) is 10.3. The monoisotopic (exact) mass is 232 g/mol. The maximum absolute atomic E-state index is 11.5. The van der Waals surface area contributed by atoms with E-state index in [0.717, 1.165) is 6.42 Å². The van der Waals surface area contributed by atoms with Gasteiger partial charge in [-0.2, -0.15) is 0 Å². The Morgan fingerprint density at radius 2 is 2.07 bits per heavy atom. The van der Waals surface area contributed by atoms with Crippen LogP contribution in [0.5, 0.6) is 0 Å². The van der Waals surface area contributed by atoms with E-state index in [9.17, 15) is 4.79 Å². The van der Waals surface area contributed by atoms with Crippen molar-refractivity contribution < 1.29 is 9.53 Å². The summed E-state index contributed by atoms with van der Waals surface area (Å²) in [5.41, 5.74) is 5.35. The van der Waals surface area contributed by atoms with Crippen molar-refractivity contribution >= 4 is 23.1 Å². The number of thiocarbonyl (C=S) groups is 1. The first-order valence-electron chi connectivity index (χ1n) is 5.18. The number of nitrogens with zero attached hydrogens (tertiary/aromatic N) is 1. The summed E-state index contributed by atoms with van der Waals surface area (Å²) in [5.74, 6) is 0.0716. The molecule has 1 amide bonds. The molecule has 88 valence electrons. The van der Waals surface area contributed by atoms with E-state index < -0.39 is 0 Å². The lowest BCUT2D eigenvalue weighted by atomic mass is 10.3. The Morgan fingerprint density at radius 1 is 1.40 bits per heavy atom. The molecule has 0 aliphatic rings.